The van der Waals surface area contributed by atoms with Gasteiger partial charge in [-0.1, -0.05) is 12.1 Å². The van der Waals surface area contributed by atoms with Crippen LogP contribution in [0.4, 0.5) is 0 Å². The van der Waals surface area contributed by atoms with Crippen LogP contribution < -0.4 is 9.47 Å². The quantitative estimate of drug-likeness (QED) is 0.606. The largest absolute Gasteiger partial charge is 0.493 e. The van der Waals surface area contributed by atoms with Crippen molar-refractivity contribution in [2.75, 3.05) is 26.8 Å². The van der Waals surface area contributed by atoms with E-state index >= 15 is 0 Å². The van der Waals surface area contributed by atoms with Crippen molar-refractivity contribution in [2.45, 2.75) is 13.8 Å². The number of para-hydroxylation sites is 2. The highest BCUT2D eigenvalue weighted by atomic mass is 79.9. The van der Waals surface area contributed by atoms with E-state index < -0.39 is 0 Å². The first-order valence-electron chi connectivity index (χ1n) is 8.80. The first-order valence-corrected chi connectivity index (χ1v) is 9.59. The summed E-state index contributed by atoms with van der Waals surface area (Å²) in [5.41, 5.74) is 2.72. The van der Waals surface area contributed by atoms with Crippen molar-refractivity contribution in [1.29, 1.82) is 0 Å². The third-order valence-corrected chi connectivity index (χ3v) is 4.94. The highest BCUT2D eigenvalue weighted by molar-refractivity contribution is 9.10. The molecule has 0 saturated carbocycles. The van der Waals surface area contributed by atoms with Gasteiger partial charge < -0.3 is 19.4 Å². The van der Waals surface area contributed by atoms with Crippen molar-refractivity contribution in [2.24, 2.45) is 0 Å². The van der Waals surface area contributed by atoms with Gasteiger partial charge in [-0.05, 0) is 54.0 Å². The smallest absolute Gasteiger partial charge is 0.260 e. The van der Waals surface area contributed by atoms with Gasteiger partial charge in [0.2, 0.25) is 0 Å². The fourth-order valence-electron chi connectivity index (χ4n) is 2.89. The van der Waals surface area contributed by atoms with Gasteiger partial charge >= 0.3 is 0 Å². The lowest BCUT2D eigenvalue weighted by Crippen LogP contribution is -2.34. The summed E-state index contributed by atoms with van der Waals surface area (Å²) in [5, 5.41) is 0. The second-order valence-electron chi connectivity index (χ2n) is 5.95. The number of nitrogens with one attached hydrogen (secondary N) is 1. The minimum atomic E-state index is -0.0599. The lowest BCUT2D eigenvalue weighted by Gasteiger charge is -2.20. The Labute approximate surface area is 166 Å². The minimum Gasteiger partial charge on any atom is -0.493 e. The number of aromatic nitrogens is 2. The Balaban J connectivity index is 1.88. The molecule has 0 atom stereocenters. The van der Waals surface area contributed by atoms with Crippen LogP contribution in [0.25, 0.3) is 22.4 Å². The Morgan fingerprint density at radius 1 is 1.22 bits per heavy atom. The molecule has 142 valence electrons. The average molecular weight is 432 g/mol. The van der Waals surface area contributed by atoms with Gasteiger partial charge in [0.15, 0.2) is 18.1 Å². The molecule has 0 radical (unpaired) electrons. The van der Waals surface area contributed by atoms with Crippen LogP contribution >= 0.6 is 15.9 Å². The molecule has 3 aromatic rings. The Morgan fingerprint density at radius 2 is 1.96 bits per heavy atom. The van der Waals surface area contributed by atoms with Crippen LogP contribution in [-0.4, -0.2) is 47.6 Å². The van der Waals surface area contributed by atoms with Gasteiger partial charge in [-0.25, -0.2) is 4.98 Å². The van der Waals surface area contributed by atoms with Gasteiger partial charge in [-0.15, -0.1) is 0 Å². The number of likely N-dealkylation sites (N-methyl/N-ethyl adjacent to an activating group) is 1. The number of aromatic amines is 1. The number of hydrogen-bond donors (Lipinski definition) is 1. The molecule has 0 aliphatic heterocycles. The van der Waals surface area contributed by atoms with Crippen LogP contribution in [0, 0.1) is 0 Å². The molecule has 0 bridgehead atoms. The predicted octanol–water partition coefficient (Wildman–Crippen LogP) is 4.25. The summed E-state index contributed by atoms with van der Waals surface area (Å²) in [6.45, 7) is 5.16. The maximum atomic E-state index is 12.2. The molecule has 6 nitrogen and oxygen atoms in total. The summed E-state index contributed by atoms with van der Waals surface area (Å²) < 4.78 is 11.9. The third kappa shape index (κ3) is 4.08. The predicted molar refractivity (Wildman–Crippen MR) is 109 cm³/mol. The van der Waals surface area contributed by atoms with E-state index in [4.69, 9.17) is 9.47 Å². The summed E-state index contributed by atoms with van der Waals surface area (Å²) in [6, 6.07) is 11.6. The van der Waals surface area contributed by atoms with Crippen molar-refractivity contribution >= 4 is 32.9 Å². The summed E-state index contributed by atoms with van der Waals surface area (Å²) in [5.74, 6) is 1.71. The molecule has 1 amide bonds. The fourth-order valence-corrected chi connectivity index (χ4v) is 3.44. The molecular weight excluding hydrogens is 410 g/mol. The molecule has 7 heteroatoms. The SMILES string of the molecule is CCN(CC)C(=O)COc1c(Br)cc(-c2nc3ccccc3[nH]2)cc1OC. The van der Waals surface area contributed by atoms with Gasteiger partial charge in [0.25, 0.3) is 5.91 Å². The Kier molecular flexibility index (Phi) is 6.01. The molecule has 0 unspecified atom stereocenters. The summed E-state index contributed by atoms with van der Waals surface area (Å²) in [4.78, 5) is 21.8. The van der Waals surface area contributed by atoms with Crippen LogP contribution in [0.5, 0.6) is 11.5 Å². The molecular formula is C20H22BrN3O3. The standard InChI is InChI=1S/C20H22BrN3O3/c1-4-24(5-2)18(25)12-27-19-14(21)10-13(11-17(19)26-3)20-22-15-8-6-7-9-16(15)23-20/h6-11H,4-5,12H2,1-3H3,(H,22,23). The molecule has 27 heavy (non-hydrogen) atoms. The maximum Gasteiger partial charge on any atom is 0.260 e. The number of halogens is 1. The number of H-pyrrole nitrogens is 1. The number of carbonyl (C=O) groups is 1. The molecule has 0 aliphatic rings. The van der Waals surface area contributed by atoms with Gasteiger partial charge in [0.1, 0.15) is 5.82 Å². The van der Waals surface area contributed by atoms with Crippen molar-refractivity contribution in [1.82, 2.24) is 14.9 Å². The van der Waals surface area contributed by atoms with E-state index in [1.165, 1.54) is 0 Å². The first-order chi connectivity index (χ1) is 13.1. The Hall–Kier alpha value is -2.54. The molecule has 0 spiro atoms. The summed E-state index contributed by atoms with van der Waals surface area (Å²) in [6.07, 6.45) is 0. The van der Waals surface area contributed by atoms with E-state index in [1.807, 2.05) is 50.2 Å². The van der Waals surface area contributed by atoms with E-state index in [1.54, 1.807) is 12.0 Å². The van der Waals surface area contributed by atoms with Gasteiger partial charge in [0, 0.05) is 18.7 Å². The number of fused-ring (bicyclic) bond motifs is 1. The summed E-state index contributed by atoms with van der Waals surface area (Å²) in [7, 11) is 1.57. The number of nitrogens with zero attached hydrogens (tertiary/aromatic N) is 2. The molecule has 2 aromatic carbocycles. The summed E-state index contributed by atoms with van der Waals surface area (Å²) >= 11 is 3.53. The van der Waals surface area contributed by atoms with E-state index in [0.717, 1.165) is 22.4 Å². The second kappa shape index (κ2) is 8.43. The lowest BCUT2D eigenvalue weighted by atomic mass is 10.2. The topological polar surface area (TPSA) is 67.5 Å². The van der Waals surface area contributed by atoms with Crippen molar-refractivity contribution in [3.05, 3.63) is 40.9 Å². The molecule has 0 saturated heterocycles. The molecule has 0 fully saturated rings. The number of benzene rings is 2. The number of imidazole rings is 1. The first kappa shape index (κ1) is 19.2. The zero-order valence-electron chi connectivity index (χ0n) is 15.6. The van der Waals surface area contributed by atoms with Gasteiger partial charge in [0.05, 0.1) is 22.6 Å². The molecule has 1 heterocycles. The third-order valence-electron chi connectivity index (χ3n) is 4.35. The molecule has 0 aliphatic carbocycles. The van der Waals surface area contributed by atoms with Crippen LogP contribution in [0.3, 0.4) is 0 Å². The maximum absolute atomic E-state index is 12.2. The molecule has 3 rings (SSSR count). The van der Waals surface area contributed by atoms with Crippen molar-refractivity contribution in [3.63, 3.8) is 0 Å². The number of amides is 1. The van der Waals surface area contributed by atoms with Crippen LogP contribution in [0.1, 0.15) is 13.8 Å². The number of hydrogen-bond acceptors (Lipinski definition) is 4. The van der Waals surface area contributed by atoms with Crippen molar-refractivity contribution < 1.29 is 14.3 Å². The van der Waals surface area contributed by atoms with Gasteiger partial charge in [-0.2, -0.15) is 0 Å². The second-order valence-corrected chi connectivity index (χ2v) is 6.80. The normalized spacial score (nSPS) is 10.8. The van der Waals surface area contributed by atoms with Crippen LogP contribution in [-0.2, 0) is 4.79 Å². The number of ether oxygens (including phenoxy) is 2. The Morgan fingerprint density at radius 3 is 2.63 bits per heavy atom. The van der Waals surface area contributed by atoms with Crippen molar-refractivity contribution in [3.8, 4) is 22.9 Å². The van der Waals surface area contributed by atoms with E-state index in [0.29, 0.717) is 29.1 Å². The minimum absolute atomic E-state index is 0.0410. The molecule has 1 N–H and O–H groups in total. The fraction of sp³-hybridized carbons (Fsp3) is 0.300. The van der Waals surface area contributed by atoms with E-state index in [-0.39, 0.29) is 12.5 Å². The van der Waals surface area contributed by atoms with Crippen LogP contribution in [0.2, 0.25) is 0 Å². The highest BCUT2D eigenvalue weighted by Crippen LogP contribution is 2.39. The zero-order valence-corrected chi connectivity index (χ0v) is 17.2. The highest BCUT2D eigenvalue weighted by Gasteiger charge is 2.17. The zero-order chi connectivity index (χ0) is 19.4. The average Bonchev–Trinajstić information content (AvgIpc) is 3.11. The van der Waals surface area contributed by atoms with Crippen LogP contribution in [0.15, 0.2) is 40.9 Å². The number of carbonyl (C=O) groups excluding carboxylic acids is 1. The monoisotopic (exact) mass is 431 g/mol. The number of methoxy groups -OCH3 is 1. The number of rotatable bonds is 7. The molecule has 1 aromatic heterocycles. The lowest BCUT2D eigenvalue weighted by molar-refractivity contribution is -0.133. The Bertz CT molecular complexity index is 918. The van der Waals surface area contributed by atoms with Gasteiger partial charge in [-0.3, -0.25) is 4.79 Å². The van der Waals surface area contributed by atoms with E-state index in [2.05, 4.69) is 25.9 Å². The van der Waals surface area contributed by atoms with E-state index in [9.17, 15) is 4.79 Å².